The van der Waals surface area contributed by atoms with Gasteiger partial charge in [-0.25, -0.2) is 0 Å². The summed E-state index contributed by atoms with van der Waals surface area (Å²) >= 11 is 0. The normalized spacial score (nSPS) is 24.3. The molecule has 23 nitrogen and oxygen atoms in total. The number of aliphatic hydroxyl groups is 2. The Morgan fingerprint density at radius 1 is 0.667 bits per heavy atom. The zero-order chi connectivity index (χ0) is 56.4. The van der Waals surface area contributed by atoms with Gasteiger partial charge >= 0.3 is 0 Å². The van der Waals surface area contributed by atoms with Crippen LogP contribution in [0.2, 0.25) is 0 Å². The lowest BCUT2D eigenvalue weighted by Gasteiger charge is -2.28. The number of ketones is 4. The third-order valence-electron chi connectivity index (χ3n) is 13.2. The van der Waals surface area contributed by atoms with Gasteiger partial charge in [0, 0.05) is 56.5 Å². The fourth-order valence-electron chi connectivity index (χ4n) is 8.79. The van der Waals surface area contributed by atoms with E-state index in [1.54, 1.807) is 37.3 Å². The number of hydrogen-bond donors (Lipinski definition) is 13. The molecule has 75 heavy (non-hydrogen) atoms. The fraction of sp³-hybridized carbons (Fsp3) is 0.692. The van der Waals surface area contributed by atoms with E-state index < -0.39 is 138 Å². The van der Waals surface area contributed by atoms with Gasteiger partial charge in [0.2, 0.25) is 35.4 Å². The maximum absolute atomic E-state index is 14.5. The summed E-state index contributed by atoms with van der Waals surface area (Å²) in [6.07, 6.45) is -4.70. The van der Waals surface area contributed by atoms with Crippen molar-refractivity contribution in [3.63, 3.8) is 0 Å². The molecule has 1 aliphatic rings. The van der Waals surface area contributed by atoms with Crippen molar-refractivity contribution in [1.82, 2.24) is 31.9 Å². The molecule has 1 heterocycles. The number of benzene rings is 1. The lowest BCUT2D eigenvalue weighted by molar-refractivity contribution is -0.137. The first-order valence-corrected chi connectivity index (χ1v) is 26.3. The van der Waals surface area contributed by atoms with E-state index in [0.717, 1.165) is 0 Å². The van der Waals surface area contributed by atoms with Crippen molar-refractivity contribution in [2.45, 2.75) is 167 Å². The highest BCUT2D eigenvalue weighted by Gasteiger charge is 2.37. The summed E-state index contributed by atoms with van der Waals surface area (Å²) in [5.41, 5.74) is 30.1. The topological polar surface area (TPSA) is 413 Å². The minimum atomic E-state index is -1.41. The molecule has 1 fully saturated rings. The van der Waals surface area contributed by atoms with E-state index in [-0.39, 0.29) is 108 Å². The first kappa shape index (κ1) is 65.6. The smallest absolute Gasteiger partial charge is 0.243 e. The second-order valence-corrected chi connectivity index (χ2v) is 20.4. The summed E-state index contributed by atoms with van der Waals surface area (Å²) in [5, 5.41) is 37.3. The molecule has 23 heteroatoms. The zero-order valence-corrected chi connectivity index (χ0v) is 44.5. The Bertz CT molecular complexity index is 2040. The number of nitrogens with two attached hydrogens (primary N) is 5. The highest BCUT2D eigenvalue weighted by Crippen LogP contribution is 2.21. The highest BCUT2D eigenvalue weighted by atomic mass is 16.3. The number of Topliss-reactive ketones (excluding diaryl/α,β-unsaturated/α-hetero) is 4. The van der Waals surface area contributed by atoms with E-state index >= 15 is 0 Å². The monoisotopic (exact) mass is 1060 g/mol. The van der Waals surface area contributed by atoms with Crippen LogP contribution in [0.15, 0.2) is 30.3 Å². The lowest BCUT2D eigenvalue weighted by Crippen LogP contribution is -2.57. The molecule has 2 rings (SSSR count). The number of carbonyl (C=O) groups excluding carboxylic acids is 10. The number of nitrogens with one attached hydrogen (secondary N) is 6. The quantitative estimate of drug-likeness (QED) is 0.0523. The SMILES string of the molecule is CC(C)C[C@@H]1NC(=O)[C@@H](Cc2ccccc2)CC(=O)[C@H](CCN)NC(=O)[C@@H](CC(=O)[C@H](CCN)NC(=O)[C@@H](CC(=O)CC[C@H](C)N)C(C)O)CCNC(=O)[C@H](C(C)O)CC(=O)[C@H](CCN)NC(=O)[C@H](CCN)NC1=O. The van der Waals surface area contributed by atoms with Crippen LogP contribution in [0, 0.1) is 29.6 Å². The molecule has 0 spiro atoms. The molecule has 1 aliphatic heterocycles. The maximum atomic E-state index is 14.5. The summed E-state index contributed by atoms with van der Waals surface area (Å²) in [7, 11) is 0. The Kier molecular flexibility index (Phi) is 29.9. The Hall–Kier alpha value is -5.56. The molecule has 0 saturated carbocycles. The van der Waals surface area contributed by atoms with Crippen LogP contribution < -0.4 is 60.6 Å². The Balaban J connectivity index is 2.73. The van der Waals surface area contributed by atoms with Gasteiger partial charge in [-0.15, -0.1) is 0 Å². The van der Waals surface area contributed by atoms with Crippen LogP contribution in [-0.2, 0) is 54.4 Å². The van der Waals surface area contributed by atoms with Crippen molar-refractivity contribution in [2.75, 3.05) is 32.7 Å². The Morgan fingerprint density at radius 2 is 1.20 bits per heavy atom. The van der Waals surface area contributed by atoms with Crippen LogP contribution in [0.5, 0.6) is 0 Å². The minimum absolute atomic E-state index is 0.0298. The van der Waals surface area contributed by atoms with Gasteiger partial charge in [0.1, 0.15) is 17.9 Å². The average Bonchev–Trinajstić information content (AvgIpc) is 3.34. The largest absolute Gasteiger partial charge is 0.393 e. The van der Waals surface area contributed by atoms with E-state index in [1.165, 1.54) is 13.8 Å². The highest BCUT2D eigenvalue weighted by molar-refractivity contribution is 5.98. The molecule has 2 unspecified atom stereocenters. The Morgan fingerprint density at radius 3 is 1.75 bits per heavy atom. The zero-order valence-electron chi connectivity index (χ0n) is 44.5. The maximum Gasteiger partial charge on any atom is 0.243 e. The molecule has 0 aromatic heterocycles. The number of rotatable bonds is 24. The first-order valence-electron chi connectivity index (χ1n) is 26.3. The van der Waals surface area contributed by atoms with Gasteiger partial charge in [0.25, 0.3) is 0 Å². The van der Waals surface area contributed by atoms with Crippen molar-refractivity contribution < 1.29 is 58.2 Å². The second kappa shape index (κ2) is 34.2. The third-order valence-corrected chi connectivity index (χ3v) is 13.2. The van der Waals surface area contributed by atoms with Gasteiger partial charge in [-0.05, 0) is 110 Å². The molecule has 422 valence electrons. The van der Waals surface area contributed by atoms with Gasteiger partial charge in [0.15, 0.2) is 17.3 Å². The van der Waals surface area contributed by atoms with Gasteiger partial charge in [-0.1, -0.05) is 44.2 Å². The van der Waals surface area contributed by atoms with Gasteiger partial charge in [-0.2, -0.15) is 0 Å². The summed E-state index contributed by atoms with van der Waals surface area (Å²) in [6, 6.07) is 2.15. The van der Waals surface area contributed by atoms with Crippen molar-refractivity contribution in [1.29, 1.82) is 0 Å². The van der Waals surface area contributed by atoms with Crippen LogP contribution >= 0.6 is 0 Å². The molecule has 1 saturated heterocycles. The minimum Gasteiger partial charge on any atom is -0.393 e. The lowest BCUT2D eigenvalue weighted by atomic mass is 9.89. The van der Waals surface area contributed by atoms with Crippen LogP contribution in [0.4, 0.5) is 0 Å². The number of carbonyl (C=O) groups is 10. The predicted octanol–water partition coefficient (Wildman–Crippen LogP) is -2.20. The van der Waals surface area contributed by atoms with Crippen molar-refractivity contribution in [3.05, 3.63) is 35.9 Å². The van der Waals surface area contributed by atoms with Crippen LogP contribution in [-0.4, -0.2) is 150 Å². The summed E-state index contributed by atoms with van der Waals surface area (Å²) < 4.78 is 0. The molecule has 0 bridgehead atoms. The van der Waals surface area contributed by atoms with Crippen molar-refractivity contribution in [3.8, 4) is 0 Å². The molecule has 18 N–H and O–H groups in total. The van der Waals surface area contributed by atoms with Gasteiger partial charge in [0.05, 0.1) is 42.2 Å². The van der Waals surface area contributed by atoms with E-state index in [2.05, 4.69) is 31.9 Å². The molecule has 0 radical (unpaired) electrons. The third kappa shape index (κ3) is 23.5. The standard InChI is InChI=1S/C52H87N11O12/c1-29(2)23-43-52(75)62-42(16-21-56)51(74)61-41(15-20-55)46(69)28-38(32(5)65)49(72)58-22-17-34(25-44(67)40(14-19-54)60-50(73)37(31(4)64)27-36(66)12-11-30(3)57)47(70)59-39(13-18-53)45(68)26-35(48(71)63-43)24-33-9-7-6-8-10-33/h6-10,29-32,34-35,37-43,64-65H,11-28,53-57H2,1-5H3,(H,58,72)(H,59,70)(H,60,73)(H,61,74)(H,62,75)(H,63,71)/t30-,31?,32?,34+,35-,37-,38-,39-,40-,41-,42-,43-/m0/s1. The fourth-order valence-corrected chi connectivity index (χ4v) is 8.79. The molecule has 6 amide bonds. The van der Waals surface area contributed by atoms with E-state index in [0.29, 0.717) is 12.0 Å². The van der Waals surface area contributed by atoms with E-state index in [4.69, 9.17) is 28.7 Å². The summed E-state index contributed by atoms with van der Waals surface area (Å²) in [4.78, 5) is 140. The number of amides is 6. The molecular weight excluding hydrogens is 971 g/mol. The molecule has 1 aromatic carbocycles. The van der Waals surface area contributed by atoms with Gasteiger partial charge in [-0.3, -0.25) is 47.9 Å². The van der Waals surface area contributed by atoms with Crippen LogP contribution in [0.3, 0.4) is 0 Å². The second-order valence-electron chi connectivity index (χ2n) is 20.4. The number of hydrogen-bond acceptors (Lipinski definition) is 17. The molecule has 0 aliphatic carbocycles. The predicted molar refractivity (Wildman–Crippen MR) is 280 cm³/mol. The van der Waals surface area contributed by atoms with Crippen LogP contribution in [0.1, 0.15) is 117 Å². The first-order chi connectivity index (χ1) is 35.5. The summed E-state index contributed by atoms with van der Waals surface area (Å²) in [6.45, 7) is 7.33. The average molecular weight is 1060 g/mol. The van der Waals surface area contributed by atoms with Crippen LogP contribution in [0.25, 0.3) is 0 Å². The van der Waals surface area contributed by atoms with Gasteiger partial charge < -0.3 is 70.8 Å². The molecule has 1 aromatic rings. The Labute approximate surface area is 440 Å². The summed E-state index contributed by atoms with van der Waals surface area (Å²) in [5.74, 6) is -12.1. The van der Waals surface area contributed by atoms with Crippen molar-refractivity contribution >= 4 is 58.6 Å². The van der Waals surface area contributed by atoms with Crippen molar-refractivity contribution in [2.24, 2.45) is 58.3 Å². The number of aliphatic hydroxyl groups excluding tert-OH is 2. The van der Waals surface area contributed by atoms with E-state index in [1.807, 2.05) is 13.8 Å². The van der Waals surface area contributed by atoms with E-state index in [9.17, 15) is 58.2 Å². The molecular formula is C52H87N11O12. The molecule has 12 atom stereocenters.